The highest BCUT2D eigenvalue weighted by Gasteiger charge is 2.42. The molecule has 0 aliphatic carbocycles. The summed E-state index contributed by atoms with van der Waals surface area (Å²) in [5, 5.41) is 0. The number of carbonyl (C=O) groups excluding carboxylic acids is 3. The van der Waals surface area contributed by atoms with Gasteiger partial charge in [-0.15, -0.1) is 0 Å². The smallest absolute Gasteiger partial charge is 0.305 e. The maximum atomic E-state index is 12.7. The van der Waals surface area contributed by atoms with Crippen LogP contribution in [0.2, 0.25) is 0 Å². The number of nitrogens with zero attached hydrogens (tertiary/aromatic N) is 3. The van der Waals surface area contributed by atoms with Crippen molar-refractivity contribution in [3.05, 3.63) is 41.2 Å². The fourth-order valence-corrected chi connectivity index (χ4v) is 3.92. The maximum absolute atomic E-state index is 12.7. The molecule has 0 atom stereocenters. The average molecular weight is 413 g/mol. The monoisotopic (exact) mass is 413 g/mol. The van der Waals surface area contributed by atoms with E-state index in [9.17, 15) is 14.4 Å². The van der Waals surface area contributed by atoms with E-state index in [4.69, 9.17) is 16.0 Å². The summed E-state index contributed by atoms with van der Waals surface area (Å²) in [5.41, 5.74) is 0.633. The van der Waals surface area contributed by atoms with E-state index in [0.29, 0.717) is 69.7 Å². The van der Waals surface area contributed by atoms with E-state index in [1.807, 2.05) is 0 Å². The summed E-state index contributed by atoms with van der Waals surface area (Å²) >= 11 is 0. The van der Waals surface area contributed by atoms with Crippen LogP contribution in [0.15, 0.2) is 24.3 Å². The second kappa shape index (κ2) is 9.72. The number of hydrogen-bond acceptors (Lipinski definition) is 5. The SMILES string of the molecule is [C-]#[N+]c1ccc(C(=O)N2CCC3(CC2)CN(CCCC(=O)OCC)C(=O)CO3)cc1. The molecule has 3 rings (SSSR count). The predicted octanol–water partition coefficient (Wildman–Crippen LogP) is 2.41. The van der Waals surface area contributed by atoms with Gasteiger partial charge in [-0.25, -0.2) is 4.85 Å². The minimum Gasteiger partial charge on any atom is -0.466 e. The first kappa shape index (κ1) is 21.8. The summed E-state index contributed by atoms with van der Waals surface area (Å²) in [5.74, 6) is -0.369. The van der Waals surface area contributed by atoms with Crippen LogP contribution < -0.4 is 0 Å². The summed E-state index contributed by atoms with van der Waals surface area (Å²) in [6, 6.07) is 6.66. The van der Waals surface area contributed by atoms with Gasteiger partial charge in [0, 0.05) is 38.2 Å². The molecule has 2 aliphatic rings. The van der Waals surface area contributed by atoms with Gasteiger partial charge in [0.05, 0.1) is 18.8 Å². The number of rotatable bonds is 6. The van der Waals surface area contributed by atoms with Crippen LogP contribution in [-0.4, -0.2) is 72.6 Å². The lowest BCUT2D eigenvalue weighted by atomic mass is 9.88. The average Bonchev–Trinajstić information content (AvgIpc) is 2.77. The molecule has 2 aliphatic heterocycles. The molecule has 2 heterocycles. The van der Waals surface area contributed by atoms with E-state index in [1.54, 1.807) is 41.0 Å². The molecular formula is C22H27N3O5. The molecule has 160 valence electrons. The fourth-order valence-electron chi connectivity index (χ4n) is 3.92. The number of benzene rings is 1. The zero-order chi connectivity index (χ0) is 21.6. The molecule has 0 radical (unpaired) electrons. The lowest BCUT2D eigenvalue weighted by Crippen LogP contribution is -2.59. The summed E-state index contributed by atoms with van der Waals surface area (Å²) in [7, 11) is 0. The van der Waals surface area contributed by atoms with Crippen molar-refractivity contribution >= 4 is 23.5 Å². The van der Waals surface area contributed by atoms with E-state index in [0.717, 1.165) is 0 Å². The number of hydrogen-bond donors (Lipinski definition) is 0. The molecule has 0 bridgehead atoms. The molecule has 1 aromatic carbocycles. The predicted molar refractivity (Wildman–Crippen MR) is 109 cm³/mol. The third-order valence-corrected chi connectivity index (χ3v) is 5.65. The van der Waals surface area contributed by atoms with Crippen molar-refractivity contribution in [2.45, 2.75) is 38.2 Å². The first-order valence-corrected chi connectivity index (χ1v) is 10.3. The van der Waals surface area contributed by atoms with Crippen LogP contribution >= 0.6 is 0 Å². The summed E-state index contributed by atoms with van der Waals surface area (Å²) < 4.78 is 10.9. The third-order valence-electron chi connectivity index (χ3n) is 5.65. The van der Waals surface area contributed by atoms with Gasteiger partial charge in [0.15, 0.2) is 5.69 Å². The van der Waals surface area contributed by atoms with Crippen LogP contribution in [0.25, 0.3) is 4.85 Å². The highest BCUT2D eigenvalue weighted by atomic mass is 16.5. The van der Waals surface area contributed by atoms with Crippen molar-refractivity contribution in [3.63, 3.8) is 0 Å². The first-order valence-electron chi connectivity index (χ1n) is 10.3. The summed E-state index contributed by atoms with van der Waals surface area (Å²) in [4.78, 5) is 43.4. The zero-order valence-corrected chi connectivity index (χ0v) is 17.3. The molecule has 0 unspecified atom stereocenters. The highest BCUT2D eigenvalue weighted by Crippen LogP contribution is 2.31. The highest BCUT2D eigenvalue weighted by molar-refractivity contribution is 5.94. The lowest BCUT2D eigenvalue weighted by molar-refractivity contribution is -0.170. The molecule has 0 saturated carbocycles. The molecule has 0 N–H and O–H groups in total. The van der Waals surface area contributed by atoms with Crippen LogP contribution in [0.3, 0.4) is 0 Å². The molecule has 1 aromatic rings. The fraction of sp³-hybridized carbons (Fsp3) is 0.545. The van der Waals surface area contributed by atoms with Gasteiger partial charge in [0.1, 0.15) is 6.61 Å². The Labute approximate surface area is 176 Å². The molecule has 2 fully saturated rings. The zero-order valence-electron chi connectivity index (χ0n) is 17.3. The molecule has 0 aromatic heterocycles. The van der Waals surface area contributed by atoms with E-state index in [-0.39, 0.29) is 24.4 Å². The third kappa shape index (κ3) is 5.16. The van der Waals surface area contributed by atoms with Crippen molar-refractivity contribution in [2.24, 2.45) is 0 Å². The Bertz CT molecular complexity index is 822. The Kier molecular flexibility index (Phi) is 7.06. The van der Waals surface area contributed by atoms with Gasteiger partial charge >= 0.3 is 5.97 Å². The number of piperidine rings is 1. The molecule has 1 spiro atoms. The van der Waals surface area contributed by atoms with Crippen molar-refractivity contribution in [1.29, 1.82) is 0 Å². The van der Waals surface area contributed by atoms with Gasteiger partial charge in [-0.1, -0.05) is 24.3 Å². The van der Waals surface area contributed by atoms with E-state index >= 15 is 0 Å². The summed E-state index contributed by atoms with van der Waals surface area (Å²) in [6.45, 7) is 11.2. The van der Waals surface area contributed by atoms with Crippen molar-refractivity contribution < 1.29 is 23.9 Å². The van der Waals surface area contributed by atoms with Gasteiger partial charge in [-0.3, -0.25) is 14.4 Å². The summed E-state index contributed by atoms with van der Waals surface area (Å²) in [6.07, 6.45) is 2.16. The topological polar surface area (TPSA) is 80.5 Å². The number of likely N-dealkylation sites (tertiary alicyclic amines) is 1. The Morgan fingerprint density at radius 2 is 1.93 bits per heavy atom. The van der Waals surface area contributed by atoms with Crippen LogP contribution in [-0.2, 0) is 19.1 Å². The minimum absolute atomic E-state index is 0.0332. The first-order chi connectivity index (χ1) is 14.5. The Morgan fingerprint density at radius 1 is 1.23 bits per heavy atom. The van der Waals surface area contributed by atoms with Crippen molar-refractivity contribution in [2.75, 3.05) is 39.4 Å². The second-order valence-corrected chi connectivity index (χ2v) is 7.65. The normalized spacial score (nSPS) is 18.2. The maximum Gasteiger partial charge on any atom is 0.305 e. The Hall–Kier alpha value is -2.92. The van der Waals surface area contributed by atoms with Crippen LogP contribution in [0, 0.1) is 6.57 Å². The number of esters is 1. The molecule has 8 heteroatoms. The number of morpholine rings is 1. The van der Waals surface area contributed by atoms with Gasteiger partial charge in [-0.2, -0.15) is 0 Å². The number of ether oxygens (including phenoxy) is 2. The molecule has 30 heavy (non-hydrogen) atoms. The van der Waals surface area contributed by atoms with Crippen molar-refractivity contribution in [1.82, 2.24) is 9.80 Å². The van der Waals surface area contributed by atoms with Gasteiger partial charge < -0.3 is 19.3 Å². The number of amides is 2. The van der Waals surface area contributed by atoms with E-state index in [1.165, 1.54) is 0 Å². The molecule has 2 saturated heterocycles. The molecule has 8 nitrogen and oxygen atoms in total. The van der Waals surface area contributed by atoms with Gasteiger partial charge in [-0.05, 0) is 26.2 Å². The van der Waals surface area contributed by atoms with Crippen LogP contribution in [0.1, 0.15) is 43.0 Å². The van der Waals surface area contributed by atoms with Gasteiger partial charge in [0.2, 0.25) is 5.91 Å². The van der Waals surface area contributed by atoms with Crippen LogP contribution in [0.4, 0.5) is 5.69 Å². The lowest BCUT2D eigenvalue weighted by Gasteiger charge is -2.47. The number of carbonyl (C=O) groups is 3. The van der Waals surface area contributed by atoms with Gasteiger partial charge in [0.25, 0.3) is 5.91 Å². The van der Waals surface area contributed by atoms with Crippen LogP contribution in [0.5, 0.6) is 0 Å². The van der Waals surface area contributed by atoms with Crippen molar-refractivity contribution in [3.8, 4) is 0 Å². The minimum atomic E-state index is -0.442. The Balaban J connectivity index is 1.53. The van der Waals surface area contributed by atoms with E-state index in [2.05, 4.69) is 4.85 Å². The quantitative estimate of drug-likeness (QED) is 0.529. The largest absolute Gasteiger partial charge is 0.466 e. The Morgan fingerprint density at radius 3 is 2.57 bits per heavy atom. The molecule has 2 amide bonds. The van der Waals surface area contributed by atoms with E-state index < -0.39 is 5.60 Å². The molecular weight excluding hydrogens is 386 g/mol. The second-order valence-electron chi connectivity index (χ2n) is 7.65. The standard InChI is InChI=1S/C22H27N3O5/c1-3-29-20(27)5-4-12-25-16-22(30-15-19(25)26)10-13-24(14-11-22)21(28)17-6-8-18(23-2)9-7-17/h6-9H,3-5,10-16H2,1H3.